The zero-order valence-corrected chi connectivity index (χ0v) is 12.8. The summed E-state index contributed by atoms with van der Waals surface area (Å²) < 4.78 is 1.40. The summed E-state index contributed by atoms with van der Waals surface area (Å²) in [5.74, 6) is 0. The number of nitrogens with zero attached hydrogens (tertiary/aromatic N) is 3. The van der Waals surface area contributed by atoms with Crippen LogP contribution in [0.1, 0.15) is 45.2 Å². The van der Waals surface area contributed by atoms with Crippen molar-refractivity contribution in [2.45, 2.75) is 46.0 Å². The molecule has 2 aromatic rings. The SMILES string of the molecule is CCCc1cc(=O)n2nc(NCC3(CC)CC3)sc2n1. The van der Waals surface area contributed by atoms with Crippen LogP contribution >= 0.6 is 11.3 Å². The van der Waals surface area contributed by atoms with Gasteiger partial charge in [-0.15, -0.1) is 5.10 Å². The average Bonchev–Trinajstić information content (AvgIpc) is 3.10. The van der Waals surface area contributed by atoms with Gasteiger partial charge in [-0.25, -0.2) is 4.98 Å². The Hall–Kier alpha value is -1.43. The van der Waals surface area contributed by atoms with E-state index in [1.807, 2.05) is 0 Å². The van der Waals surface area contributed by atoms with Crippen molar-refractivity contribution in [3.63, 3.8) is 0 Å². The minimum atomic E-state index is -0.0839. The van der Waals surface area contributed by atoms with Crippen molar-refractivity contribution in [2.24, 2.45) is 5.41 Å². The van der Waals surface area contributed by atoms with Crippen LogP contribution in [0.5, 0.6) is 0 Å². The van der Waals surface area contributed by atoms with Crippen molar-refractivity contribution in [1.82, 2.24) is 14.6 Å². The molecule has 0 aliphatic heterocycles. The largest absolute Gasteiger partial charge is 0.360 e. The molecule has 1 N–H and O–H groups in total. The first-order valence-corrected chi connectivity index (χ1v) is 8.11. The molecule has 108 valence electrons. The summed E-state index contributed by atoms with van der Waals surface area (Å²) in [6.45, 7) is 5.26. The lowest BCUT2D eigenvalue weighted by molar-refractivity contribution is 0.521. The molecular weight excluding hydrogens is 272 g/mol. The number of rotatable bonds is 6. The van der Waals surface area contributed by atoms with Gasteiger partial charge in [0.05, 0.1) is 0 Å². The molecule has 1 fully saturated rings. The van der Waals surface area contributed by atoms with Crippen molar-refractivity contribution < 1.29 is 0 Å². The molecule has 6 heteroatoms. The molecule has 1 saturated carbocycles. The number of hydrogen-bond acceptors (Lipinski definition) is 5. The second-order valence-electron chi connectivity index (χ2n) is 5.64. The fourth-order valence-electron chi connectivity index (χ4n) is 2.41. The van der Waals surface area contributed by atoms with Crippen molar-refractivity contribution in [3.8, 4) is 0 Å². The maximum absolute atomic E-state index is 12.0. The maximum Gasteiger partial charge on any atom is 0.275 e. The summed E-state index contributed by atoms with van der Waals surface area (Å²) in [6.07, 6.45) is 5.61. The molecule has 0 bridgehead atoms. The normalized spacial score (nSPS) is 16.5. The molecule has 0 amide bonds. The Kier molecular flexibility index (Phi) is 3.50. The second-order valence-corrected chi connectivity index (χ2v) is 6.60. The lowest BCUT2D eigenvalue weighted by Crippen LogP contribution is -2.17. The highest BCUT2D eigenvalue weighted by Gasteiger charge is 2.40. The summed E-state index contributed by atoms with van der Waals surface area (Å²) in [4.78, 5) is 17.2. The number of fused-ring (bicyclic) bond motifs is 1. The minimum absolute atomic E-state index is 0.0839. The van der Waals surface area contributed by atoms with E-state index in [4.69, 9.17) is 0 Å². The first-order chi connectivity index (χ1) is 9.65. The number of hydrogen-bond donors (Lipinski definition) is 1. The van der Waals surface area contributed by atoms with Crippen LogP contribution in [0.4, 0.5) is 5.13 Å². The van der Waals surface area contributed by atoms with Crippen molar-refractivity contribution in [2.75, 3.05) is 11.9 Å². The summed E-state index contributed by atoms with van der Waals surface area (Å²) in [6, 6.07) is 1.59. The summed E-state index contributed by atoms with van der Waals surface area (Å²) in [5, 5.41) is 8.50. The first-order valence-electron chi connectivity index (χ1n) is 7.29. The van der Waals surface area contributed by atoms with Crippen molar-refractivity contribution in [1.29, 1.82) is 0 Å². The predicted molar refractivity (Wildman–Crippen MR) is 81.6 cm³/mol. The third-order valence-electron chi connectivity index (χ3n) is 4.13. The number of aryl methyl sites for hydroxylation is 1. The van der Waals surface area contributed by atoms with Crippen molar-refractivity contribution >= 4 is 21.4 Å². The molecular formula is C14H20N4OS. The van der Waals surface area contributed by atoms with Gasteiger partial charge in [0.1, 0.15) is 0 Å². The molecule has 2 aromatic heterocycles. The molecule has 1 aliphatic carbocycles. The maximum atomic E-state index is 12.0. The van der Waals surface area contributed by atoms with Crippen LogP contribution in [0, 0.1) is 5.41 Å². The van der Waals surface area contributed by atoms with Gasteiger partial charge in [0, 0.05) is 18.3 Å². The van der Waals surface area contributed by atoms with Crippen molar-refractivity contribution in [3.05, 3.63) is 22.1 Å². The molecule has 20 heavy (non-hydrogen) atoms. The first kappa shape index (κ1) is 13.5. The Bertz CT molecular complexity index is 671. The van der Waals surface area contributed by atoms with E-state index in [9.17, 15) is 4.79 Å². The van der Waals surface area contributed by atoms with Crippen LogP contribution in [0.2, 0.25) is 0 Å². The third-order valence-corrected chi connectivity index (χ3v) is 4.99. The van der Waals surface area contributed by atoms with Crippen LogP contribution in [0.15, 0.2) is 10.9 Å². The molecule has 1 aliphatic rings. The second kappa shape index (κ2) is 5.16. The minimum Gasteiger partial charge on any atom is -0.360 e. The molecule has 0 saturated heterocycles. The molecule has 5 nitrogen and oxygen atoms in total. The van der Waals surface area contributed by atoms with Crippen LogP contribution in [-0.4, -0.2) is 21.1 Å². The van der Waals surface area contributed by atoms with Gasteiger partial charge in [0.2, 0.25) is 10.1 Å². The van der Waals surface area contributed by atoms with Crippen LogP contribution in [0.3, 0.4) is 0 Å². The van der Waals surface area contributed by atoms with E-state index in [1.165, 1.54) is 35.1 Å². The molecule has 0 aromatic carbocycles. The quantitative estimate of drug-likeness (QED) is 0.889. The molecule has 3 rings (SSSR count). The molecule has 0 radical (unpaired) electrons. The Labute approximate surface area is 122 Å². The van der Waals surface area contributed by atoms with Gasteiger partial charge in [0.25, 0.3) is 5.56 Å². The lowest BCUT2D eigenvalue weighted by atomic mass is 10.0. The number of anilines is 1. The van der Waals surface area contributed by atoms with Gasteiger partial charge >= 0.3 is 0 Å². The van der Waals surface area contributed by atoms with E-state index in [0.29, 0.717) is 10.4 Å². The highest BCUT2D eigenvalue weighted by Crippen LogP contribution is 2.48. The number of nitrogens with one attached hydrogen (secondary N) is 1. The van der Waals surface area contributed by atoms with Gasteiger partial charge in [0.15, 0.2) is 0 Å². The highest BCUT2D eigenvalue weighted by atomic mass is 32.1. The van der Waals surface area contributed by atoms with E-state index >= 15 is 0 Å². The highest BCUT2D eigenvalue weighted by molar-refractivity contribution is 7.20. The third kappa shape index (κ3) is 2.57. The zero-order valence-electron chi connectivity index (χ0n) is 12.0. The summed E-state index contributed by atoms with van der Waals surface area (Å²) >= 11 is 1.46. The Balaban J connectivity index is 1.83. The predicted octanol–water partition coefficient (Wildman–Crippen LogP) is 2.71. The van der Waals surface area contributed by atoms with E-state index < -0.39 is 0 Å². The Morgan fingerprint density at radius 2 is 2.25 bits per heavy atom. The van der Waals surface area contributed by atoms with Gasteiger partial charge < -0.3 is 5.32 Å². The molecule has 0 spiro atoms. The standard InChI is InChI=1S/C14H20N4OS/c1-3-5-10-8-11(19)18-13(16-10)20-12(17-18)15-9-14(4-2)6-7-14/h8H,3-7,9H2,1-2H3,(H,15,17). The Morgan fingerprint density at radius 1 is 1.45 bits per heavy atom. The summed E-state index contributed by atoms with van der Waals surface area (Å²) in [5.41, 5.74) is 1.24. The topological polar surface area (TPSA) is 59.3 Å². The van der Waals surface area contributed by atoms with E-state index in [1.54, 1.807) is 6.07 Å². The van der Waals surface area contributed by atoms with E-state index in [0.717, 1.165) is 30.2 Å². The van der Waals surface area contributed by atoms with Crippen LogP contribution < -0.4 is 10.9 Å². The smallest absolute Gasteiger partial charge is 0.275 e. The lowest BCUT2D eigenvalue weighted by Gasteiger charge is -2.11. The average molecular weight is 292 g/mol. The fourth-order valence-corrected chi connectivity index (χ4v) is 3.23. The zero-order chi connectivity index (χ0) is 14.2. The molecule has 0 unspecified atom stereocenters. The number of aromatic nitrogens is 3. The van der Waals surface area contributed by atoms with Crippen LogP contribution in [0.25, 0.3) is 4.96 Å². The molecule has 2 heterocycles. The Morgan fingerprint density at radius 3 is 2.90 bits per heavy atom. The van der Waals surface area contributed by atoms with Gasteiger partial charge in [-0.3, -0.25) is 4.79 Å². The molecule has 0 atom stereocenters. The van der Waals surface area contributed by atoms with Crippen LogP contribution in [-0.2, 0) is 6.42 Å². The van der Waals surface area contributed by atoms with Gasteiger partial charge in [-0.1, -0.05) is 31.6 Å². The van der Waals surface area contributed by atoms with Gasteiger partial charge in [-0.2, -0.15) is 4.52 Å². The summed E-state index contributed by atoms with van der Waals surface area (Å²) in [7, 11) is 0. The van der Waals surface area contributed by atoms with Gasteiger partial charge in [-0.05, 0) is 31.1 Å². The van der Waals surface area contributed by atoms with E-state index in [2.05, 4.69) is 29.2 Å². The monoisotopic (exact) mass is 292 g/mol. The van der Waals surface area contributed by atoms with E-state index in [-0.39, 0.29) is 5.56 Å². The fraction of sp³-hybridized carbons (Fsp3) is 0.643.